The second-order valence-corrected chi connectivity index (χ2v) is 7.65. The molecule has 2 nitrogen and oxygen atoms in total. The molecule has 6 rings (SSSR count). The number of nitrogens with zero attached hydrogens (tertiary/aromatic N) is 1. The smallest absolute Gasteiger partial charge is 0.145 e. The molecule has 0 bridgehead atoms. The molecule has 2 heterocycles. The zero-order valence-electron chi connectivity index (χ0n) is 15.2. The van der Waals surface area contributed by atoms with E-state index < -0.39 is 0 Å². The summed E-state index contributed by atoms with van der Waals surface area (Å²) < 4.78 is 8.65. The lowest BCUT2D eigenvalue weighted by Gasteiger charge is -2.08. The number of hydrogen-bond acceptors (Lipinski definition) is 1. The summed E-state index contributed by atoms with van der Waals surface area (Å²) >= 11 is 6.30. The lowest BCUT2D eigenvalue weighted by molar-refractivity contribution is 0.670. The van der Waals surface area contributed by atoms with Crippen molar-refractivity contribution in [2.45, 2.75) is 0 Å². The van der Waals surface area contributed by atoms with Gasteiger partial charge in [-0.1, -0.05) is 60.1 Å². The van der Waals surface area contributed by atoms with Crippen LogP contribution in [0.1, 0.15) is 0 Å². The summed E-state index contributed by atoms with van der Waals surface area (Å²) in [4.78, 5) is 0. The van der Waals surface area contributed by atoms with Gasteiger partial charge in [0.2, 0.25) is 0 Å². The summed E-state index contributed by atoms with van der Waals surface area (Å²) in [5, 5.41) is 5.34. The number of fused-ring (bicyclic) bond motifs is 6. The van der Waals surface area contributed by atoms with Crippen LogP contribution in [0.25, 0.3) is 54.9 Å². The van der Waals surface area contributed by atoms with Crippen molar-refractivity contribution in [2.75, 3.05) is 0 Å². The molecule has 0 aliphatic rings. The van der Waals surface area contributed by atoms with E-state index in [9.17, 15) is 0 Å². The molecule has 3 heteroatoms. The van der Waals surface area contributed by atoms with Crippen LogP contribution in [0.4, 0.5) is 0 Å². The first kappa shape index (κ1) is 15.8. The standard InChI is InChI=1S/C25H16ClNO/c1-27-21-10-6-5-9-17(21)19-14-20-18-13-16(26)11-12-22(18)28-25(20)23(24(19)27)15-7-3-2-4-8-15/h2-14H,1H3. The van der Waals surface area contributed by atoms with Crippen molar-refractivity contribution in [3.05, 3.63) is 83.9 Å². The van der Waals surface area contributed by atoms with Crippen LogP contribution >= 0.6 is 11.6 Å². The first-order valence-electron chi connectivity index (χ1n) is 9.30. The lowest BCUT2D eigenvalue weighted by atomic mass is 9.98. The SMILES string of the molecule is Cn1c2ccccc2c2cc3c(oc4ccc(Cl)cc43)c(-c3ccccc3)c21. The molecular formula is C25H16ClNO. The Bertz CT molecular complexity index is 1520. The van der Waals surface area contributed by atoms with E-state index in [2.05, 4.69) is 66.2 Å². The van der Waals surface area contributed by atoms with Crippen LogP contribution in [-0.4, -0.2) is 4.57 Å². The third-order valence-electron chi connectivity index (χ3n) is 5.65. The Morgan fingerprint density at radius 2 is 1.54 bits per heavy atom. The molecule has 0 radical (unpaired) electrons. The first-order valence-corrected chi connectivity index (χ1v) is 9.67. The molecule has 0 amide bonds. The molecule has 4 aromatic carbocycles. The maximum Gasteiger partial charge on any atom is 0.145 e. The van der Waals surface area contributed by atoms with Gasteiger partial charge < -0.3 is 8.98 Å². The summed E-state index contributed by atoms with van der Waals surface area (Å²) in [6, 6.07) is 27.1. The molecule has 0 aliphatic heterocycles. The maximum atomic E-state index is 6.38. The van der Waals surface area contributed by atoms with Crippen LogP contribution in [0.5, 0.6) is 0 Å². The van der Waals surface area contributed by atoms with E-state index >= 15 is 0 Å². The third-order valence-corrected chi connectivity index (χ3v) is 5.88. The molecule has 0 saturated heterocycles. The topological polar surface area (TPSA) is 18.1 Å². The molecule has 6 aromatic rings. The van der Waals surface area contributed by atoms with Gasteiger partial charge in [0, 0.05) is 44.7 Å². The summed E-state index contributed by atoms with van der Waals surface area (Å²) in [5.74, 6) is 0. The van der Waals surface area contributed by atoms with E-state index in [0.29, 0.717) is 0 Å². The highest BCUT2D eigenvalue weighted by Gasteiger charge is 2.20. The average molecular weight is 382 g/mol. The van der Waals surface area contributed by atoms with Crippen molar-refractivity contribution in [2.24, 2.45) is 7.05 Å². The largest absolute Gasteiger partial charge is 0.455 e. The number of aryl methyl sites for hydroxylation is 1. The van der Waals surface area contributed by atoms with Gasteiger partial charge in [0.05, 0.1) is 5.52 Å². The Kier molecular flexibility index (Phi) is 3.18. The summed E-state index contributed by atoms with van der Waals surface area (Å²) in [6.45, 7) is 0. The van der Waals surface area contributed by atoms with Crippen molar-refractivity contribution in [1.29, 1.82) is 0 Å². The molecule has 0 N–H and O–H groups in total. The third kappa shape index (κ3) is 2.04. The molecule has 0 spiro atoms. The maximum absolute atomic E-state index is 6.38. The minimum atomic E-state index is 0.717. The van der Waals surface area contributed by atoms with Crippen molar-refractivity contribution in [1.82, 2.24) is 4.57 Å². The van der Waals surface area contributed by atoms with E-state index in [1.54, 1.807) is 0 Å². The Hall–Kier alpha value is -3.23. The van der Waals surface area contributed by atoms with Crippen molar-refractivity contribution >= 4 is 55.3 Å². The van der Waals surface area contributed by atoms with Crippen LogP contribution in [0, 0.1) is 0 Å². The zero-order chi connectivity index (χ0) is 18.8. The van der Waals surface area contributed by atoms with Gasteiger partial charge in [-0.2, -0.15) is 0 Å². The quantitative estimate of drug-likeness (QED) is 0.287. The predicted octanol–water partition coefficient (Wildman–Crippen LogP) is 7.55. The van der Waals surface area contributed by atoms with Gasteiger partial charge in [-0.15, -0.1) is 0 Å². The monoisotopic (exact) mass is 381 g/mol. The van der Waals surface area contributed by atoms with Gasteiger partial charge in [-0.25, -0.2) is 0 Å². The highest BCUT2D eigenvalue weighted by molar-refractivity contribution is 6.32. The first-order chi connectivity index (χ1) is 13.7. The summed E-state index contributed by atoms with van der Waals surface area (Å²) in [7, 11) is 2.13. The second kappa shape index (κ2) is 5.63. The summed E-state index contributed by atoms with van der Waals surface area (Å²) in [5.41, 5.74) is 6.43. The average Bonchev–Trinajstić information content (AvgIpc) is 3.23. The van der Waals surface area contributed by atoms with Gasteiger partial charge in [0.15, 0.2) is 0 Å². The van der Waals surface area contributed by atoms with Crippen molar-refractivity contribution < 1.29 is 4.42 Å². The molecule has 2 aromatic heterocycles. The number of aromatic nitrogens is 1. The molecule has 28 heavy (non-hydrogen) atoms. The highest BCUT2D eigenvalue weighted by Crippen LogP contribution is 2.44. The predicted molar refractivity (Wildman–Crippen MR) is 118 cm³/mol. The van der Waals surface area contributed by atoms with E-state index in [4.69, 9.17) is 16.0 Å². The van der Waals surface area contributed by atoms with E-state index in [0.717, 1.165) is 38.1 Å². The minimum Gasteiger partial charge on any atom is -0.455 e. The van der Waals surface area contributed by atoms with Crippen molar-refractivity contribution in [3.8, 4) is 11.1 Å². The Labute approximate surface area is 166 Å². The lowest BCUT2D eigenvalue weighted by Crippen LogP contribution is -1.90. The van der Waals surface area contributed by atoms with Gasteiger partial charge in [0.25, 0.3) is 0 Å². The van der Waals surface area contributed by atoms with Crippen LogP contribution in [0.2, 0.25) is 5.02 Å². The number of hydrogen-bond donors (Lipinski definition) is 0. The minimum absolute atomic E-state index is 0.717. The van der Waals surface area contributed by atoms with Crippen LogP contribution in [0.15, 0.2) is 83.3 Å². The van der Waals surface area contributed by atoms with Gasteiger partial charge in [-0.05, 0) is 35.9 Å². The van der Waals surface area contributed by atoms with E-state index in [-0.39, 0.29) is 0 Å². The number of benzene rings is 4. The fraction of sp³-hybridized carbons (Fsp3) is 0.0400. The molecule has 134 valence electrons. The fourth-order valence-electron chi connectivity index (χ4n) is 4.41. The fourth-order valence-corrected chi connectivity index (χ4v) is 4.59. The number of halogens is 1. The number of para-hydroxylation sites is 1. The van der Waals surface area contributed by atoms with Crippen molar-refractivity contribution in [3.63, 3.8) is 0 Å². The van der Waals surface area contributed by atoms with Gasteiger partial charge in [0.1, 0.15) is 11.2 Å². The van der Waals surface area contributed by atoms with Crippen LogP contribution < -0.4 is 0 Å². The van der Waals surface area contributed by atoms with E-state index in [1.807, 2.05) is 24.3 Å². The Balaban J connectivity index is 1.94. The molecular weight excluding hydrogens is 366 g/mol. The molecule has 0 aliphatic carbocycles. The highest BCUT2D eigenvalue weighted by atomic mass is 35.5. The normalized spacial score (nSPS) is 11.9. The molecule has 0 atom stereocenters. The molecule has 0 saturated carbocycles. The van der Waals surface area contributed by atoms with E-state index in [1.165, 1.54) is 21.8 Å². The van der Waals surface area contributed by atoms with Gasteiger partial charge >= 0.3 is 0 Å². The van der Waals surface area contributed by atoms with Crippen LogP contribution in [0.3, 0.4) is 0 Å². The number of rotatable bonds is 1. The summed E-state index contributed by atoms with van der Waals surface area (Å²) in [6.07, 6.45) is 0. The molecule has 0 fully saturated rings. The Morgan fingerprint density at radius 1 is 0.750 bits per heavy atom. The second-order valence-electron chi connectivity index (χ2n) is 7.21. The molecule has 0 unspecified atom stereocenters. The number of furan rings is 1. The van der Waals surface area contributed by atoms with Crippen LogP contribution in [-0.2, 0) is 7.05 Å². The zero-order valence-corrected chi connectivity index (χ0v) is 16.0. The Morgan fingerprint density at radius 3 is 2.39 bits per heavy atom. The van der Waals surface area contributed by atoms with Gasteiger partial charge in [-0.3, -0.25) is 0 Å².